The van der Waals surface area contributed by atoms with Crippen molar-refractivity contribution >= 4 is 0 Å². The standard InChI is InChI=1S/C10H14N2O2/c13-9-4-10(6-11-5-9)14-7-8-2-1-3-12-8/h4-6,8,12-13H,1-3,7H2/t8-/m0/s1. The summed E-state index contributed by atoms with van der Waals surface area (Å²) in [4.78, 5) is 3.83. The van der Waals surface area contributed by atoms with Crippen molar-refractivity contribution in [3.05, 3.63) is 18.5 Å². The second-order valence-corrected chi connectivity index (χ2v) is 3.48. The third-order valence-electron chi connectivity index (χ3n) is 2.31. The molecule has 1 atom stereocenters. The average Bonchev–Trinajstić information content (AvgIpc) is 2.67. The Morgan fingerprint density at radius 3 is 3.21 bits per heavy atom. The third-order valence-corrected chi connectivity index (χ3v) is 2.31. The minimum Gasteiger partial charge on any atom is -0.506 e. The summed E-state index contributed by atoms with van der Waals surface area (Å²) in [6.07, 6.45) is 5.37. The molecular formula is C10H14N2O2. The van der Waals surface area contributed by atoms with Gasteiger partial charge in [-0.2, -0.15) is 0 Å². The van der Waals surface area contributed by atoms with Crippen LogP contribution in [0.1, 0.15) is 12.8 Å². The molecule has 0 aliphatic carbocycles. The van der Waals surface area contributed by atoms with Gasteiger partial charge in [0.05, 0.1) is 12.4 Å². The Labute approximate surface area is 82.9 Å². The molecule has 2 rings (SSSR count). The van der Waals surface area contributed by atoms with Crippen molar-refractivity contribution in [1.29, 1.82) is 0 Å². The van der Waals surface area contributed by atoms with Crippen LogP contribution in [0.15, 0.2) is 18.5 Å². The maximum atomic E-state index is 9.15. The average molecular weight is 194 g/mol. The number of pyridine rings is 1. The summed E-state index contributed by atoms with van der Waals surface area (Å²) in [5.74, 6) is 0.764. The summed E-state index contributed by atoms with van der Waals surface area (Å²) in [5, 5.41) is 12.5. The Hall–Kier alpha value is -1.29. The van der Waals surface area contributed by atoms with Gasteiger partial charge in [0.2, 0.25) is 0 Å². The first-order chi connectivity index (χ1) is 6.84. The molecule has 0 saturated carbocycles. The molecule has 0 aromatic carbocycles. The highest BCUT2D eigenvalue weighted by Crippen LogP contribution is 2.16. The van der Waals surface area contributed by atoms with Gasteiger partial charge in [-0.05, 0) is 19.4 Å². The van der Waals surface area contributed by atoms with Gasteiger partial charge in [0.1, 0.15) is 18.1 Å². The zero-order chi connectivity index (χ0) is 9.80. The van der Waals surface area contributed by atoms with E-state index in [0.717, 1.165) is 13.0 Å². The van der Waals surface area contributed by atoms with Crippen LogP contribution in [0.5, 0.6) is 11.5 Å². The maximum Gasteiger partial charge on any atom is 0.141 e. The van der Waals surface area contributed by atoms with Gasteiger partial charge >= 0.3 is 0 Å². The van der Waals surface area contributed by atoms with Crippen LogP contribution in [0, 0.1) is 0 Å². The molecule has 0 spiro atoms. The maximum absolute atomic E-state index is 9.15. The van der Waals surface area contributed by atoms with Gasteiger partial charge in [-0.25, -0.2) is 0 Å². The lowest BCUT2D eigenvalue weighted by Crippen LogP contribution is -2.28. The van der Waals surface area contributed by atoms with E-state index in [1.54, 1.807) is 12.3 Å². The van der Waals surface area contributed by atoms with E-state index in [0.29, 0.717) is 18.4 Å². The molecule has 1 fully saturated rings. The molecule has 1 aromatic rings. The lowest BCUT2D eigenvalue weighted by Gasteiger charge is -2.11. The molecule has 0 amide bonds. The molecule has 4 nitrogen and oxygen atoms in total. The van der Waals surface area contributed by atoms with Crippen LogP contribution in [0.3, 0.4) is 0 Å². The second kappa shape index (κ2) is 4.28. The van der Waals surface area contributed by atoms with Gasteiger partial charge in [0.25, 0.3) is 0 Å². The fourth-order valence-electron chi connectivity index (χ4n) is 1.58. The molecule has 4 heteroatoms. The van der Waals surface area contributed by atoms with Crippen molar-refractivity contribution in [2.75, 3.05) is 13.2 Å². The Morgan fingerprint density at radius 2 is 2.50 bits per heavy atom. The Bertz CT molecular complexity index is 298. The van der Waals surface area contributed by atoms with Crippen molar-refractivity contribution in [2.24, 2.45) is 0 Å². The van der Waals surface area contributed by atoms with E-state index in [1.165, 1.54) is 12.6 Å². The molecule has 1 saturated heterocycles. The van der Waals surface area contributed by atoms with E-state index in [9.17, 15) is 0 Å². The van der Waals surface area contributed by atoms with E-state index < -0.39 is 0 Å². The fourth-order valence-corrected chi connectivity index (χ4v) is 1.58. The number of nitrogens with one attached hydrogen (secondary N) is 1. The first-order valence-corrected chi connectivity index (χ1v) is 4.85. The smallest absolute Gasteiger partial charge is 0.141 e. The predicted octanol–water partition coefficient (Wildman–Crippen LogP) is 0.918. The minimum atomic E-state index is 0.141. The zero-order valence-electron chi connectivity index (χ0n) is 7.94. The zero-order valence-corrected chi connectivity index (χ0v) is 7.94. The Balaban J connectivity index is 1.85. The number of aromatic hydroxyl groups is 1. The molecule has 0 radical (unpaired) electrons. The topological polar surface area (TPSA) is 54.4 Å². The summed E-state index contributed by atoms with van der Waals surface area (Å²) in [7, 11) is 0. The first-order valence-electron chi connectivity index (χ1n) is 4.85. The van der Waals surface area contributed by atoms with Crippen LogP contribution >= 0.6 is 0 Å². The van der Waals surface area contributed by atoms with E-state index >= 15 is 0 Å². The lowest BCUT2D eigenvalue weighted by molar-refractivity contribution is 0.275. The summed E-state index contributed by atoms with van der Waals surface area (Å²) in [6, 6.07) is 2.01. The number of rotatable bonds is 3. The summed E-state index contributed by atoms with van der Waals surface area (Å²) in [6.45, 7) is 1.72. The lowest BCUT2D eigenvalue weighted by atomic mass is 10.2. The van der Waals surface area contributed by atoms with Gasteiger partial charge in [-0.3, -0.25) is 4.98 Å². The number of aromatic nitrogens is 1. The van der Waals surface area contributed by atoms with Crippen molar-refractivity contribution in [2.45, 2.75) is 18.9 Å². The second-order valence-electron chi connectivity index (χ2n) is 3.48. The van der Waals surface area contributed by atoms with E-state index in [1.807, 2.05) is 0 Å². The molecule has 1 aliphatic heterocycles. The van der Waals surface area contributed by atoms with Crippen LogP contribution < -0.4 is 10.1 Å². The Kier molecular flexibility index (Phi) is 2.84. The molecule has 2 heterocycles. The fraction of sp³-hybridized carbons (Fsp3) is 0.500. The first kappa shape index (κ1) is 9.27. The highest BCUT2D eigenvalue weighted by atomic mass is 16.5. The third kappa shape index (κ3) is 2.35. The van der Waals surface area contributed by atoms with E-state index in [4.69, 9.17) is 9.84 Å². The predicted molar refractivity (Wildman–Crippen MR) is 52.4 cm³/mol. The van der Waals surface area contributed by atoms with Crippen molar-refractivity contribution in [3.8, 4) is 11.5 Å². The SMILES string of the molecule is Oc1cncc(OC[C@@H]2CCCN2)c1. The van der Waals surface area contributed by atoms with Crippen LogP contribution in [-0.2, 0) is 0 Å². The van der Waals surface area contributed by atoms with Crippen LogP contribution in [0.4, 0.5) is 0 Å². The summed E-state index contributed by atoms with van der Waals surface area (Å²) < 4.78 is 5.49. The van der Waals surface area contributed by atoms with E-state index in [2.05, 4.69) is 10.3 Å². The molecular weight excluding hydrogens is 180 g/mol. The van der Waals surface area contributed by atoms with Crippen molar-refractivity contribution in [3.63, 3.8) is 0 Å². The van der Waals surface area contributed by atoms with E-state index in [-0.39, 0.29) is 5.75 Å². The molecule has 0 unspecified atom stereocenters. The monoisotopic (exact) mass is 194 g/mol. The molecule has 14 heavy (non-hydrogen) atoms. The minimum absolute atomic E-state index is 0.141. The highest BCUT2D eigenvalue weighted by molar-refractivity contribution is 5.26. The highest BCUT2D eigenvalue weighted by Gasteiger charge is 2.14. The van der Waals surface area contributed by atoms with Gasteiger partial charge < -0.3 is 15.2 Å². The number of hydrogen-bond acceptors (Lipinski definition) is 4. The van der Waals surface area contributed by atoms with Gasteiger partial charge in [-0.15, -0.1) is 0 Å². The van der Waals surface area contributed by atoms with Crippen LogP contribution in [0.25, 0.3) is 0 Å². The van der Waals surface area contributed by atoms with Gasteiger partial charge in [-0.1, -0.05) is 0 Å². The molecule has 2 N–H and O–H groups in total. The Morgan fingerprint density at radius 1 is 1.57 bits per heavy atom. The largest absolute Gasteiger partial charge is 0.506 e. The van der Waals surface area contributed by atoms with Crippen LogP contribution in [0.2, 0.25) is 0 Å². The number of hydrogen-bond donors (Lipinski definition) is 2. The van der Waals surface area contributed by atoms with Crippen molar-refractivity contribution < 1.29 is 9.84 Å². The van der Waals surface area contributed by atoms with Crippen molar-refractivity contribution in [1.82, 2.24) is 10.3 Å². The molecule has 76 valence electrons. The van der Waals surface area contributed by atoms with Gasteiger partial charge in [0.15, 0.2) is 0 Å². The summed E-state index contributed by atoms with van der Waals surface area (Å²) >= 11 is 0. The molecule has 1 aliphatic rings. The van der Waals surface area contributed by atoms with Gasteiger partial charge in [0, 0.05) is 12.1 Å². The molecule has 1 aromatic heterocycles. The normalized spacial score (nSPS) is 21.0. The summed E-state index contributed by atoms with van der Waals surface area (Å²) in [5.41, 5.74) is 0. The number of nitrogens with zero attached hydrogens (tertiary/aromatic N) is 1. The number of ether oxygens (including phenoxy) is 1. The van der Waals surface area contributed by atoms with Crippen LogP contribution in [-0.4, -0.2) is 29.3 Å². The quantitative estimate of drug-likeness (QED) is 0.751. The molecule has 0 bridgehead atoms.